The van der Waals surface area contributed by atoms with Crippen LogP contribution in [0.2, 0.25) is 0 Å². The Hall–Kier alpha value is -2.01. The zero-order valence-electron chi connectivity index (χ0n) is 20.8. The van der Waals surface area contributed by atoms with Gasteiger partial charge in [0, 0.05) is 18.0 Å². The van der Waals surface area contributed by atoms with Crippen LogP contribution < -0.4 is 5.32 Å². The third kappa shape index (κ3) is 8.37. The molecule has 0 bridgehead atoms. The zero-order chi connectivity index (χ0) is 23.7. The van der Waals surface area contributed by atoms with Gasteiger partial charge in [0.2, 0.25) is 0 Å². The number of nitrogens with one attached hydrogen (secondary N) is 1. The molecule has 4 nitrogen and oxygen atoms in total. The standard InChI is InChI=1S/C16H25NO.C13H16O2/c1-13(2)17-12-16(3)9-15(16)11-18-10-14-7-5-4-6-8-14;1-13(10-14)7-12(13)9-15-8-11-5-3-2-4-6-11/h4-8,13,15,17H,9-12H2,1-3H3;2-6,10,12H,7-9H2,1H3/t15-,16-;12-,13-/m00/s1. The van der Waals surface area contributed by atoms with Gasteiger partial charge < -0.3 is 19.6 Å². The van der Waals surface area contributed by atoms with Crippen LogP contribution in [0.1, 0.15) is 51.7 Å². The molecule has 2 saturated carbocycles. The lowest BCUT2D eigenvalue weighted by Gasteiger charge is -2.15. The van der Waals surface area contributed by atoms with Crippen LogP contribution in [-0.2, 0) is 27.5 Å². The molecular formula is C29H41NO3. The number of aldehydes is 1. The van der Waals surface area contributed by atoms with Gasteiger partial charge in [0.05, 0.1) is 26.4 Å². The molecule has 4 heteroatoms. The highest BCUT2D eigenvalue weighted by Crippen LogP contribution is 2.52. The molecule has 0 aliphatic heterocycles. The summed E-state index contributed by atoms with van der Waals surface area (Å²) in [5, 5.41) is 3.53. The molecule has 180 valence electrons. The van der Waals surface area contributed by atoms with Crippen LogP contribution in [0.3, 0.4) is 0 Å². The summed E-state index contributed by atoms with van der Waals surface area (Å²) in [6, 6.07) is 21.1. The van der Waals surface area contributed by atoms with Crippen molar-refractivity contribution in [2.75, 3.05) is 19.8 Å². The van der Waals surface area contributed by atoms with Crippen LogP contribution in [0.15, 0.2) is 60.7 Å². The first kappa shape index (κ1) is 25.6. The van der Waals surface area contributed by atoms with Gasteiger partial charge in [-0.05, 0) is 41.2 Å². The summed E-state index contributed by atoms with van der Waals surface area (Å²) >= 11 is 0. The highest BCUT2D eigenvalue weighted by Gasteiger charge is 2.50. The molecule has 4 rings (SSSR count). The molecule has 2 fully saturated rings. The van der Waals surface area contributed by atoms with Crippen molar-refractivity contribution >= 4 is 6.29 Å². The van der Waals surface area contributed by atoms with Crippen LogP contribution in [0.4, 0.5) is 0 Å². The van der Waals surface area contributed by atoms with Crippen molar-refractivity contribution in [1.82, 2.24) is 5.32 Å². The fraction of sp³-hybridized carbons (Fsp3) is 0.552. The van der Waals surface area contributed by atoms with Crippen LogP contribution in [0.25, 0.3) is 0 Å². The van der Waals surface area contributed by atoms with Crippen molar-refractivity contribution in [2.45, 2.75) is 59.8 Å². The van der Waals surface area contributed by atoms with Gasteiger partial charge >= 0.3 is 0 Å². The minimum atomic E-state index is -0.101. The number of carbonyl (C=O) groups is 1. The molecule has 4 atom stereocenters. The molecule has 0 aromatic heterocycles. The zero-order valence-corrected chi connectivity index (χ0v) is 20.8. The first-order valence-electron chi connectivity index (χ1n) is 12.3. The predicted octanol–water partition coefficient (Wildman–Crippen LogP) is 5.66. The van der Waals surface area contributed by atoms with Gasteiger partial charge in [0.15, 0.2) is 0 Å². The molecule has 2 aromatic rings. The second-order valence-electron chi connectivity index (χ2n) is 10.6. The van der Waals surface area contributed by atoms with Gasteiger partial charge in [-0.25, -0.2) is 0 Å². The van der Waals surface area contributed by atoms with E-state index in [1.165, 1.54) is 17.5 Å². The van der Waals surface area contributed by atoms with Crippen molar-refractivity contribution in [3.8, 4) is 0 Å². The maximum Gasteiger partial charge on any atom is 0.126 e. The van der Waals surface area contributed by atoms with E-state index in [2.05, 4.69) is 50.4 Å². The number of benzene rings is 2. The minimum absolute atomic E-state index is 0.101. The van der Waals surface area contributed by atoms with E-state index < -0.39 is 0 Å². The van der Waals surface area contributed by atoms with E-state index in [-0.39, 0.29) is 5.41 Å². The minimum Gasteiger partial charge on any atom is -0.376 e. The molecule has 0 amide bonds. The number of ether oxygens (including phenoxy) is 2. The lowest BCUT2D eigenvalue weighted by Crippen LogP contribution is -2.29. The van der Waals surface area contributed by atoms with Crippen molar-refractivity contribution in [3.05, 3.63) is 71.8 Å². The van der Waals surface area contributed by atoms with Gasteiger partial charge in [-0.1, -0.05) is 88.4 Å². The first-order valence-corrected chi connectivity index (χ1v) is 12.3. The summed E-state index contributed by atoms with van der Waals surface area (Å²) in [5.41, 5.74) is 2.81. The second kappa shape index (κ2) is 11.9. The van der Waals surface area contributed by atoms with E-state index in [1.54, 1.807) is 0 Å². The Morgan fingerprint density at radius 2 is 1.39 bits per heavy atom. The van der Waals surface area contributed by atoms with E-state index in [0.717, 1.165) is 38.4 Å². The monoisotopic (exact) mass is 451 g/mol. The number of carbonyl (C=O) groups excluding carboxylic acids is 1. The van der Waals surface area contributed by atoms with Gasteiger partial charge in [-0.15, -0.1) is 0 Å². The SMILES string of the molecule is CC(C)NC[C@]1(C)C[C@H]1COCc1ccccc1.C[C@@]1(C=O)C[C@H]1COCc1ccccc1. The normalized spacial score (nSPS) is 27.5. The topological polar surface area (TPSA) is 47.6 Å². The lowest BCUT2D eigenvalue weighted by molar-refractivity contribution is -0.112. The summed E-state index contributed by atoms with van der Waals surface area (Å²) in [4.78, 5) is 10.7. The number of hydrogen-bond acceptors (Lipinski definition) is 4. The van der Waals surface area contributed by atoms with Crippen molar-refractivity contribution < 1.29 is 14.3 Å². The summed E-state index contributed by atoms with van der Waals surface area (Å²) in [5.74, 6) is 1.16. The average molecular weight is 452 g/mol. The second-order valence-corrected chi connectivity index (χ2v) is 10.6. The van der Waals surface area contributed by atoms with E-state index >= 15 is 0 Å². The van der Waals surface area contributed by atoms with Crippen molar-refractivity contribution in [3.63, 3.8) is 0 Å². The Balaban J connectivity index is 0.000000189. The predicted molar refractivity (Wildman–Crippen MR) is 134 cm³/mol. The maximum absolute atomic E-state index is 10.7. The van der Waals surface area contributed by atoms with Crippen LogP contribution in [-0.4, -0.2) is 32.1 Å². The van der Waals surface area contributed by atoms with Crippen molar-refractivity contribution in [1.29, 1.82) is 0 Å². The molecule has 2 aromatic carbocycles. The largest absolute Gasteiger partial charge is 0.376 e. The van der Waals surface area contributed by atoms with Gasteiger partial charge in [-0.3, -0.25) is 0 Å². The molecule has 33 heavy (non-hydrogen) atoms. The molecular weight excluding hydrogens is 410 g/mol. The van der Waals surface area contributed by atoms with Gasteiger partial charge in [-0.2, -0.15) is 0 Å². The number of rotatable bonds is 12. The van der Waals surface area contributed by atoms with Gasteiger partial charge in [0.25, 0.3) is 0 Å². The first-order chi connectivity index (χ1) is 15.8. The Kier molecular flexibility index (Phi) is 9.25. The highest BCUT2D eigenvalue weighted by atomic mass is 16.5. The molecule has 0 unspecified atom stereocenters. The van der Waals surface area contributed by atoms with E-state index in [4.69, 9.17) is 9.47 Å². The third-order valence-corrected chi connectivity index (χ3v) is 7.04. The summed E-state index contributed by atoms with van der Waals surface area (Å²) in [7, 11) is 0. The van der Waals surface area contributed by atoms with Crippen molar-refractivity contribution in [2.24, 2.45) is 22.7 Å². The Morgan fingerprint density at radius 3 is 1.85 bits per heavy atom. The molecule has 0 heterocycles. The van der Waals surface area contributed by atoms with E-state index in [0.29, 0.717) is 30.6 Å². The highest BCUT2D eigenvalue weighted by molar-refractivity contribution is 5.63. The van der Waals surface area contributed by atoms with Gasteiger partial charge in [0.1, 0.15) is 6.29 Å². The maximum atomic E-state index is 10.7. The smallest absolute Gasteiger partial charge is 0.126 e. The molecule has 0 spiro atoms. The Bertz CT molecular complexity index is 840. The third-order valence-electron chi connectivity index (χ3n) is 7.04. The van der Waals surface area contributed by atoms with E-state index in [1.807, 2.05) is 43.3 Å². The summed E-state index contributed by atoms with van der Waals surface area (Å²) in [6.07, 6.45) is 3.33. The Morgan fingerprint density at radius 1 is 0.879 bits per heavy atom. The fourth-order valence-electron chi connectivity index (χ4n) is 4.07. The number of hydrogen-bond donors (Lipinski definition) is 1. The van der Waals surface area contributed by atoms with Crippen LogP contribution in [0.5, 0.6) is 0 Å². The van der Waals surface area contributed by atoms with Crippen LogP contribution >= 0.6 is 0 Å². The molecule has 2 aliphatic carbocycles. The summed E-state index contributed by atoms with van der Waals surface area (Å²) in [6.45, 7) is 12.9. The quantitative estimate of drug-likeness (QED) is 0.423. The molecule has 2 aliphatic rings. The van der Waals surface area contributed by atoms with E-state index in [9.17, 15) is 4.79 Å². The average Bonchev–Trinajstić information content (AvgIpc) is 3.69. The molecule has 0 radical (unpaired) electrons. The molecule has 0 saturated heterocycles. The molecule has 1 N–H and O–H groups in total. The summed E-state index contributed by atoms with van der Waals surface area (Å²) < 4.78 is 11.4. The van der Waals surface area contributed by atoms with Crippen LogP contribution in [0, 0.1) is 22.7 Å². The Labute approximate surface area is 200 Å². The lowest BCUT2D eigenvalue weighted by atomic mass is 10.1. The fourth-order valence-corrected chi connectivity index (χ4v) is 4.07.